The molecule has 1 atom stereocenters. The Kier molecular flexibility index (Phi) is 9.21. The van der Waals surface area contributed by atoms with Crippen molar-refractivity contribution in [3.8, 4) is 17.6 Å². The number of ether oxygens (including phenoxy) is 1. The number of amides is 1. The number of hydrogen-bond acceptors (Lipinski definition) is 5. The van der Waals surface area contributed by atoms with Crippen LogP contribution >= 0.6 is 0 Å². The van der Waals surface area contributed by atoms with Gasteiger partial charge in [0.15, 0.2) is 8.32 Å². The number of carboxylic acid groups (broad SMARTS) is 1. The number of carbonyl (C=O) groups is 1. The Hall–Kier alpha value is -2.50. The summed E-state index contributed by atoms with van der Waals surface area (Å²) in [6.07, 6.45) is -0.481. The molecule has 0 aliphatic rings. The molecule has 160 valence electrons. The monoisotopic (exact) mass is 420 g/mol. The van der Waals surface area contributed by atoms with Crippen molar-refractivity contribution >= 4 is 20.1 Å². The number of oxime groups is 1. The number of methoxy groups -OCH3 is 1. The van der Waals surface area contributed by atoms with Crippen LogP contribution in [0.2, 0.25) is 18.1 Å². The minimum Gasteiger partial charge on any atom is -0.497 e. The van der Waals surface area contributed by atoms with E-state index in [9.17, 15) is 10.0 Å². The summed E-state index contributed by atoms with van der Waals surface area (Å²) >= 11 is 0. The van der Waals surface area contributed by atoms with Crippen molar-refractivity contribution in [2.45, 2.75) is 57.8 Å². The molecule has 0 spiro atoms. The zero-order chi connectivity index (χ0) is 22.1. The molecule has 1 rings (SSSR count). The van der Waals surface area contributed by atoms with E-state index in [1.165, 1.54) is 0 Å². The molecule has 7 nitrogen and oxygen atoms in total. The van der Waals surface area contributed by atoms with Crippen LogP contribution in [0.1, 0.15) is 39.2 Å². The van der Waals surface area contributed by atoms with Crippen LogP contribution in [-0.4, -0.2) is 50.2 Å². The fourth-order valence-corrected chi connectivity index (χ4v) is 3.34. The summed E-state index contributed by atoms with van der Waals surface area (Å²) in [7, 11) is -0.254. The molecule has 1 amide bonds. The Labute approximate surface area is 174 Å². The lowest BCUT2D eigenvalue weighted by Crippen LogP contribution is -2.41. The van der Waals surface area contributed by atoms with Gasteiger partial charge >= 0.3 is 6.09 Å². The van der Waals surface area contributed by atoms with Crippen LogP contribution in [0.3, 0.4) is 0 Å². The van der Waals surface area contributed by atoms with E-state index in [2.05, 4.69) is 56.2 Å². The Morgan fingerprint density at radius 2 is 1.86 bits per heavy atom. The zero-order valence-electron chi connectivity index (χ0n) is 18.1. The van der Waals surface area contributed by atoms with Crippen molar-refractivity contribution in [1.82, 2.24) is 5.32 Å². The average Bonchev–Trinajstić information content (AvgIpc) is 2.64. The molecular weight excluding hydrogens is 388 g/mol. The second-order valence-electron chi connectivity index (χ2n) is 8.13. The fourth-order valence-electron chi connectivity index (χ4n) is 2.29. The Morgan fingerprint density at radius 3 is 2.34 bits per heavy atom. The molecule has 0 bridgehead atoms. The van der Waals surface area contributed by atoms with Gasteiger partial charge in [0.1, 0.15) is 11.5 Å². The molecular formula is C21H32N2O5Si. The van der Waals surface area contributed by atoms with Crippen molar-refractivity contribution < 1.29 is 24.3 Å². The number of rotatable bonds is 8. The van der Waals surface area contributed by atoms with E-state index in [1.807, 2.05) is 0 Å². The zero-order valence-corrected chi connectivity index (χ0v) is 19.1. The molecule has 0 aromatic heterocycles. The van der Waals surface area contributed by atoms with E-state index >= 15 is 0 Å². The first-order chi connectivity index (χ1) is 13.5. The van der Waals surface area contributed by atoms with Crippen LogP contribution < -0.4 is 10.1 Å². The van der Waals surface area contributed by atoms with Gasteiger partial charge in [-0.05, 0) is 42.4 Å². The van der Waals surface area contributed by atoms with Crippen molar-refractivity contribution in [3.05, 3.63) is 29.8 Å². The van der Waals surface area contributed by atoms with Gasteiger partial charge in [0.25, 0.3) is 0 Å². The lowest BCUT2D eigenvalue weighted by atomic mass is 10.0. The quantitative estimate of drug-likeness (QED) is 0.145. The summed E-state index contributed by atoms with van der Waals surface area (Å²) in [5.74, 6) is 6.63. The highest BCUT2D eigenvalue weighted by atomic mass is 28.4. The molecule has 29 heavy (non-hydrogen) atoms. The highest BCUT2D eigenvalue weighted by Gasteiger charge is 2.36. The maximum atomic E-state index is 11.2. The van der Waals surface area contributed by atoms with Crippen molar-refractivity contribution in [1.29, 1.82) is 0 Å². The molecule has 1 unspecified atom stereocenters. The lowest BCUT2D eigenvalue weighted by molar-refractivity contribution is 0.192. The molecule has 8 heteroatoms. The summed E-state index contributed by atoms with van der Waals surface area (Å²) in [6.45, 7) is 11.5. The molecule has 0 heterocycles. The fraction of sp³-hybridized carbons (Fsp3) is 0.524. The first-order valence-corrected chi connectivity index (χ1v) is 12.4. The second kappa shape index (κ2) is 10.9. The van der Waals surface area contributed by atoms with Crippen molar-refractivity contribution in [2.75, 3.05) is 13.7 Å². The maximum absolute atomic E-state index is 11.2. The lowest BCUT2D eigenvalue weighted by Gasteiger charge is -2.35. The molecule has 1 aromatic carbocycles. The largest absolute Gasteiger partial charge is 0.497 e. The first-order valence-electron chi connectivity index (χ1n) is 9.47. The Balaban J connectivity index is 2.77. The predicted octanol–water partition coefficient (Wildman–Crippen LogP) is 4.32. The van der Waals surface area contributed by atoms with Crippen LogP contribution in [0.25, 0.3) is 0 Å². The third-order valence-corrected chi connectivity index (χ3v) is 9.59. The minimum atomic E-state index is -1.80. The smallest absolute Gasteiger partial charge is 0.405 e. The van der Waals surface area contributed by atoms with Gasteiger partial charge in [0.2, 0.25) is 0 Å². The van der Waals surface area contributed by atoms with Gasteiger partial charge in [-0.25, -0.2) is 4.79 Å². The summed E-state index contributed by atoms with van der Waals surface area (Å²) in [5, 5.41) is 24.4. The van der Waals surface area contributed by atoms with Crippen LogP contribution in [0.15, 0.2) is 29.4 Å². The van der Waals surface area contributed by atoms with Crippen molar-refractivity contribution in [3.63, 3.8) is 0 Å². The number of nitrogens with zero attached hydrogens (tertiary/aromatic N) is 1. The minimum absolute atomic E-state index is 0.141. The molecule has 3 N–H and O–H groups in total. The van der Waals surface area contributed by atoms with Crippen LogP contribution in [0.5, 0.6) is 5.75 Å². The number of nitrogens with one attached hydrogen (secondary N) is 1. The molecule has 0 aliphatic carbocycles. The third-order valence-electron chi connectivity index (χ3n) is 5.05. The molecule has 0 fully saturated rings. The van der Waals surface area contributed by atoms with Gasteiger partial charge in [0.05, 0.1) is 13.2 Å². The molecule has 0 radical (unpaired) electrons. The Morgan fingerprint density at radius 1 is 1.24 bits per heavy atom. The van der Waals surface area contributed by atoms with E-state index in [-0.39, 0.29) is 17.2 Å². The van der Waals surface area contributed by atoms with Gasteiger partial charge in [-0.15, -0.1) is 11.8 Å². The topological polar surface area (TPSA) is 100 Å². The number of hydrogen-bond donors (Lipinski definition) is 3. The SMILES string of the molecule is COc1ccc(C(=NO)C(CC#CCCO[Si](C)(C)C(C)(C)C)NC(=O)O)cc1. The molecule has 1 aromatic rings. The molecule has 0 aliphatic heterocycles. The average molecular weight is 421 g/mol. The van der Waals surface area contributed by atoms with Gasteiger partial charge in [0, 0.05) is 25.0 Å². The molecule has 0 saturated carbocycles. The van der Waals surface area contributed by atoms with E-state index in [0.29, 0.717) is 24.3 Å². The van der Waals surface area contributed by atoms with E-state index in [4.69, 9.17) is 14.3 Å². The normalized spacial score (nSPS) is 13.2. The van der Waals surface area contributed by atoms with E-state index in [0.717, 1.165) is 0 Å². The third kappa shape index (κ3) is 7.79. The number of benzene rings is 1. The highest BCUT2D eigenvalue weighted by Crippen LogP contribution is 2.36. The second-order valence-corrected chi connectivity index (χ2v) is 12.9. The standard InChI is InChI=1S/C21H32N2O5Si/c1-21(2,3)29(5,6)28-15-9-7-8-10-18(22-20(24)25)19(23-26)16-11-13-17(27-4)14-12-16/h11-14,18,22,26H,9-10,15H2,1-6H3,(H,24,25). The summed E-state index contributed by atoms with van der Waals surface area (Å²) < 4.78 is 11.2. The van der Waals surface area contributed by atoms with Gasteiger partial charge in [-0.3, -0.25) is 0 Å². The predicted molar refractivity (Wildman–Crippen MR) is 116 cm³/mol. The molecule has 0 saturated heterocycles. The maximum Gasteiger partial charge on any atom is 0.405 e. The summed E-state index contributed by atoms with van der Waals surface area (Å²) in [5.41, 5.74) is 0.775. The summed E-state index contributed by atoms with van der Waals surface area (Å²) in [4.78, 5) is 11.2. The van der Waals surface area contributed by atoms with Crippen LogP contribution in [-0.2, 0) is 4.43 Å². The van der Waals surface area contributed by atoms with E-state index in [1.54, 1.807) is 31.4 Å². The highest BCUT2D eigenvalue weighted by molar-refractivity contribution is 6.74. The van der Waals surface area contributed by atoms with E-state index < -0.39 is 20.5 Å². The van der Waals surface area contributed by atoms with Gasteiger partial charge < -0.3 is 24.8 Å². The van der Waals surface area contributed by atoms with Crippen LogP contribution in [0.4, 0.5) is 4.79 Å². The first kappa shape index (κ1) is 24.5. The van der Waals surface area contributed by atoms with Gasteiger partial charge in [-0.1, -0.05) is 25.9 Å². The van der Waals surface area contributed by atoms with Gasteiger partial charge in [-0.2, -0.15) is 0 Å². The Bertz CT molecular complexity index is 758. The summed E-state index contributed by atoms with van der Waals surface area (Å²) in [6, 6.07) is 6.06. The van der Waals surface area contributed by atoms with Crippen LogP contribution in [0, 0.1) is 11.8 Å². The van der Waals surface area contributed by atoms with Crippen molar-refractivity contribution in [2.24, 2.45) is 5.16 Å².